The summed E-state index contributed by atoms with van der Waals surface area (Å²) in [6.45, 7) is -0.507. The molecule has 1 rings (SSSR count). The van der Waals surface area contributed by atoms with Crippen molar-refractivity contribution < 1.29 is 28.7 Å². The van der Waals surface area contributed by atoms with Crippen LogP contribution in [0.3, 0.4) is 0 Å². The van der Waals surface area contributed by atoms with Crippen LogP contribution in [0.2, 0.25) is 0 Å². The van der Waals surface area contributed by atoms with Crippen LogP contribution < -0.4 is 5.32 Å². The number of methoxy groups -OCH3 is 1. The zero-order valence-electron chi connectivity index (χ0n) is 11.9. The van der Waals surface area contributed by atoms with Gasteiger partial charge in [0.25, 0.3) is 11.7 Å². The van der Waals surface area contributed by atoms with Gasteiger partial charge in [0.1, 0.15) is 0 Å². The molecule has 0 heterocycles. The normalized spacial score (nSPS) is 10.0. The van der Waals surface area contributed by atoms with Crippen molar-refractivity contribution in [2.75, 3.05) is 13.7 Å². The van der Waals surface area contributed by atoms with Gasteiger partial charge in [0.15, 0.2) is 6.61 Å². The number of Topliss-reactive ketones (excluding diaryl/α,β-unsaturated/α-hetero) is 1. The van der Waals surface area contributed by atoms with Gasteiger partial charge in [-0.15, -0.1) is 0 Å². The predicted molar refractivity (Wildman–Crippen MR) is 75.4 cm³/mol. The number of benzene rings is 1. The first-order valence-electron chi connectivity index (χ1n) is 6.30. The summed E-state index contributed by atoms with van der Waals surface area (Å²) in [6.07, 6.45) is 1.66. The second kappa shape index (κ2) is 9.06. The second-order valence-corrected chi connectivity index (χ2v) is 4.06. The van der Waals surface area contributed by atoms with Gasteiger partial charge in [0.05, 0.1) is 7.11 Å². The highest BCUT2D eigenvalue weighted by atomic mass is 16.5. The van der Waals surface area contributed by atoms with Crippen molar-refractivity contribution in [3.63, 3.8) is 0 Å². The summed E-state index contributed by atoms with van der Waals surface area (Å²) < 4.78 is 8.80. The van der Waals surface area contributed by atoms with Crippen molar-refractivity contribution in [1.29, 1.82) is 0 Å². The molecule has 0 unspecified atom stereocenters. The molecule has 1 aromatic carbocycles. The van der Waals surface area contributed by atoms with Crippen LogP contribution in [0.5, 0.6) is 0 Å². The average Bonchev–Trinajstić information content (AvgIpc) is 2.56. The molecule has 0 atom stereocenters. The van der Waals surface area contributed by atoms with Gasteiger partial charge in [-0.25, -0.2) is 9.59 Å². The Morgan fingerprint density at radius 1 is 1.05 bits per heavy atom. The fraction of sp³-hybridized carbons (Fsp3) is 0.200. The second-order valence-electron chi connectivity index (χ2n) is 4.06. The molecule has 0 aromatic heterocycles. The van der Waals surface area contributed by atoms with Crippen LogP contribution in [0.4, 0.5) is 0 Å². The molecule has 0 saturated heterocycles. The molecule has 1 N–H and O–H groups in total. The molecule has 0 bridgehead atoms. The van der Waals surface area contributed by atoms with Gasteiger partial charge >= 0.3 is 11.9 Å². The molecule has 7 heteroatoms. The SMILES string of the molecule is COC(=O)/C=C/C(=O)OCC(=O)C(=O)NCc1ccccc1. The maximum absolute atomic E-state index is 11.5. The van der Waals surface area contributed by atoms with Crippen LogP contribution in [0.15, 0.2) is 42.5 Å². The quantitative estimate of drug-likeness (QED) is 0.437. The van der Waals surface area contributed by atoms with E-state index < -0.39 is 30.2 Å². The lowest BCUT2D eigenvalue weighted by molar-refractivity contribution is -0.147. The highest BCUT2D eigenvalue weighted by Crippen LogP contribution is 1.97. The van der Waals surface area contributed by atoms with E-state index in [-0.39, 0.29) is 6.54 Å². The summed E-state index contributed by atoms with van der Waals surface area (Å²) in [5, 5.41) is 2.41. The van der Waals surface area contributed by atoms with Crippen molar-refractivity contribution >= 4 is 23.6 Å². The number of hydrogen-bond acceptors (Lipinski definition) is 6. The molecule has 1 aromatic rings. The number of amides is 1. The fourth-order valence-corrected chi connectivity index (χ4v) is 1.33. The molecule has 7 nitrogen and oxygen atoms in total. The van der Waals surface area contributed by atoms with E-state index in [0.29, 0.717) is 0 Å². The molecular formula is C15H15NO6. The van der Waals surface area contributed by atoms with Crippen LogP contribution in [0.1, 0.15) is 5.56 Å². The van der Waals surface area contributed by atoms with E-state index in [9.17, 15) is 19.2 Å². The predicted octanol–water partition coefficient (Wildman–Crippen LogP) is 0.144. The summed E-state index contributed by atoms with van der Waals surface area (Å²) in [5.41, 5.74) is 0.835. The Bertz CT molecular complexity index is 579. The zero-order chi connectivity index (χ0) is 16.4. The van der Waals surface area contributed by atoms with Gasteiger partial charge in [-0.05, 0) is 5.56 Å². The maximum atomic E-state index is 11.5. The molecule has 0 aliphatic rings. The van der Waals surface area contributed by atoms with Crippen molar-refractivity contribution in [3.05, 3.63) is 48.0 Å². The Kier molecular flexibility index (Phi) is 7.04. The number of nitrogens with one attached hydrogen (secondary N) is 1. The van der Waals surface area contributed by atoms with Gasteiger partial charge in [0.2, 0.25) is 0 Å². The van der Waals surface area contributed by atoms with E-state index in [1.54, 1.807) is 24.3 Å². The molecule has 0 spiro atoms. The van der Waals surface area contributed by atoms with E-state index in [1.165, 1.54) is 0 Å². The third kappa shape index (κ3) is 6.47. The molecule has 0 fully saturated rings. The minimum absolute atomic E-state index is 0.196. The van der Waals surface area contributed by atoms with E-state index in [4.69, 9.17) is 0 Å². The third-order valence-electron chi connectivity index (χ3n) is 2.45. The lowest BCUT2D eigenvalue weighted by Gasteiger charge is -2.04. The van der Waals surface area contributed by atoms with Crippen LogP contribution in [0.25, 0.3) is 0 Å². The summed E-state index contributed by atoms with van der Waals surface area (Å²) in [5.74, 6) is -3.40. The van der Waals surface area contributed by atoms with E-state index >= 15 is 0 Å². The van der Waals surface area contributed by atoms with Gasteiger partial charge in [-0.3, -0.25) is 9.59 Å². The van der Waals surface area contributed by atoms with Crippen LogP contribution >= 0.6 is 0 Å². The van der Waals surface area contributed by atoms with E-state index in [1.807, 2.05) is 6.07 Å². The highest BCUT2D eigenvalue weighted by molar-refractivity contribution is 6.36. The molecule has 1 amide bonds. The molecule has 0 saturated carbocycles. The lowest BCUT2D eigenvalue weighted by Crippen LogP contribution is -2.33. The summed E-state index contributed by atoms with van der Waals surface area (Å²) in [7, 11) is 1.15. The molecule has 22 heavy (non-hydrogen) atoms. The topological polar surface area (TPSA) is 98.8 Å². The Hall–Kier alpha value is -2.96. The number of carbonyl (C=O) groups excluding carboxylic acids is 4. The van der Waals surface area contributed by atoms with Crippen LogP contribution in [-0.4, -0.2) is 37.3 Å². The van der Waals surface area contributed by atoms with Crippen molar-refractivity contribution in [2.45, 2.75) is 6.54 Å². The van der Waals surface area contributed by atoms with E-state index in [0.717, 1.165) is 24.8 Å². The van der Waals surface area contributed by atoms with Crippen molar-refractivity contribution in [1.82, 2.24) is 5.32 Å². The smallest absolute Gasteiger partial charge is 0.331 e. The van der Waals surface area contributed by atoms with Crippen LogP contribution in [0, 0.1) is 0 Å². The minimum Gasteiger partial charge on any atom is -0.466 e. The van der Waals surface area contributed by atoms with Gasteiger partial charge in [-0.1, -0.05) is 30.3 Å². The third-order valence-corrected chi connectivity index (χ3v) is 2.45. The lowest BCUT2D eigenvalue weighted by atomic mass is 10.2. The number of rotatable bonds is 7. The number of carbonyl (C=O) groups is 4. The largest absolute Gasteiger partial charge is 0.466 e. The van der Waals surface area contributed by atoms with Gasteiger partial charge in [-0.2, -0.15) is 0 Å². The minimum atomic E-state index is -0.922. The van der Waals surface area contributed by atoms with Crippen molar-refractivity contribution in [3.8, 4) is 0 Å². The molecular weight excluding hydrogens is 290 g/mol. The maximum Gasteiger partial charge on any atom is 0.331 e. The number of ether oxygens (including phenoxy) is 2. The number of esters is 2. The van der Waals surface area contributed by atoms with Crippen molar-refractivity contribution in [2.24, 2.45) is 0 Å². The summed E-state index contributed by atoms with van der Waals surface area (Å²) >= 11 is 0. The summed E-state index contributed by atoms with van der Waals surface area (Å²) in [6, 6.07) is 9.03. The molecule has 0 radical (unpaired) electrons. The highest BCUT2D eigenvalue weighted by Gasteiger charge is 2.15. The first kappa shape index (κ1) is 17.1. The number of hydrogen-bond donors (Lipinski definition) is 1. The first-order valence-corrected chi connectivity index (χ1v) is 6.30. The summed E-state index contributed by atoms with van der Waals surface area (Å²) in [4.78, 5) is 44.9. The Labute approximate surface area is 126 Å². The Morgan fingerprint density at radius 3 is 2.32 bits per heavy atom. The standard InChI is InChI=1S/C15H15NO6/c1-21-13(18)7-8-14(19)22-10-12(17)15(20)16-9-11-5-3-2-4-6-11/h2-8H,9-10H2,1H3,(H,16,20)/b8-7+. The zero-order valence-corrected chi connectivity index (χ0v) is 11.9. The van der Waals surface area contributed by atoms with Crippen LogP contribution in [-0.2, 0) is 35.2 Å². The Morgan fingerprint density at radius 2 is 1.68 bits per heavy atom. The van der Waals surface area contributed by atoms with Gasteiger partial charge < -0.3 is 14.8 Å². The monoisotopic (exact) mass is 305 g/mol. The van der Waals surface area contributed by atoms with Gasteiger partial charge in [0, 0.05) is 18.7 Å². The van der Waals surface area contributed by atoms with E-state index in [2.05, 4.69) is 14.8 Å². The molecule has 0 aliphatic carbocycles. The molecule has 116 valence electrons. The average molecular weight is 305 g/mol. The molecule has 0 aliphatic heterocycles. The fourth-order valence-electron chi connectivity index (χ4n) is 1.33. The number of ketones is 1. The first-order chi connectivity index (χ1) is 10.5. The Balaban J connectivity index is 2.32.